The number of hydrogen-bond acceptors (Lipinski definition) is 3. The van der Waals surface area contributed by atoms with E-state index in [4.69, 9.17) is 5.73 Å². The third-order valence-corrected chi connectivity index (χ3v) is 2.62. The van der Waals surface area contributed by atoms with E-state index >= 15 is 0 Å². The van der Waals surface area contributed by atoms with Crippen molar-refractivity contribution in [2.24, 2.45) is 11.1 Å². The summed E-state index contributed by atoms with van der Waals surface area (Å²) < 4.78 is 1.79. The molecule has 2 unspecified atom stereocenters. The molecule has 0 aromatic carbocycles. The van der Waals surface area contributed by atoms with Gasteiger partial charge < -0.3 is 11.1 Å². The Bertz CT molecular complexity index is 353. The standard InChI is InChI=1S/C12H22N4O/c1-9(8-16-7-5-6-14-16)15-11(17)10(13)12(2,3)4/h5-7,9-10H,8,13H2,1-4H3,(H,15,17). The molecule has 17 heavy (non-hydrogen) atoms. The topological polar surface area (TPSA) is 72.9 Å². The SMILES string of the molecule is CC(Cn1cccn1)NC(=O)C(N)C(C)(C)C. The molecular formula is C12H22N4O. The van der Waals surface area contributed by atoms with Crippen molar-refractivity contribution < 1.29 is 4.79 Å². The highest BCUT2D eigenvalue weighted by molar-refractivity contribution is 5.82. The first-order chi connectivity index (χ1) is 7.80. The average molecular weight is 238 g/mol. The smallest absolute Gasteiger partial charge is 0.237 e. The van der Waals surface area contributed by atoms with Crippen molar-refractivity contribution in [3.63, 3.8) is 0 Å². The van der Waals surface area contributed by atoms with Crippen LogP contribution in [-0.2, 0) is 11.3 Å². The lowest BCUT2D eigenvalue weighted by atomic mass is 9.87. The number of nitrogens with zero attached hydrogens (tertiary/aromatic N) is 2. The Morgan fingerprint density at radius 1 is 1.53 bits per heavy atom. The van der Waals surface area contributed by atoms with Crippen LogP contribution in [0.1, 0.15) is 27.7 Å². The fourth-order valence-electron chi connectivity index (χ4n) is 1.46. The second kappa shape index (κ2) is 5.31. The second-order valence-corrected chi connectivity index (χ2v) is 5.48. The zero-order valence-electron chi connectivity index (χ0n) is 11.0. The molecule has 1 amide bonds. The molecule has 0 aliphatic heterocycles. The first-order valence-electron chi connectivity index (χ1n) is 5.84. The molecule has 5 nitrogen and oxygen atoms in total. The number of nitrogens with two attached hydrogens (primary N) is 1. The van der Waals surface area contributed by atoms with Gasteiger partial charge in [0, 0.05) is 18.4 Å². The van der Waals surface area contributed by atoms with E-state index in [2.05, 4.69) is 10.4 Å². The third kappa shape index (κ3) is 4.19. The molecule has 0 saturated carbocycles. The molecule has 1 heterocycles. The van der Waals surface area contributed by atoms with E-state index in [-0.39, 0.29) is 17.4 Å². The largest absolute Gasteiger partial charge is 0.350 e. The van der Waals surface area contributed by atoms with Crippen LogP contribution in [0.3, 0.4) is 0 Å². The summed E-state index contributed by atoms with van der Waals surface area (Å²) in [6.07, 6.45) is 3.59. The molecule has 0 saturated heterocycles. The maximum absolute atomic E-state index is 11.9. The van der Waals surface area contributed by atoms with Crippen LogP contribution in [-0.4, -0.2) is 27.8 Å². The summed E-state index contributed by atoms with van der Waals surface area (Å²) in [4.78, 5) is 11.9. The monoisotopic (exact) mass is 238 g/mol. The van der Waals surface area contributed by atoms with Gasteiger partial charge in [0.15, 0.2) is 0 Å². The predicted molar refractivity (Wildman–Crippen MR) is 67.3 cm³/mol. The van der Waals surface area contributed by atoms with Crippen LogP contribution >= 0.6 is 0 Å². The van der Waals surface area contributed by atoms with Gasteiger partial charge in [-0.2, -0.15) is 5.10 Å². The van der Waals surface area contributed by atoms with E-state index in [1.165, 1.54) is 0 Å². The van der Waals surface area contributed by atoms with Crippen molar-refractivity contribution in [2.75, 3.05) is 0 Å². The predicted octanol–water partition coefficient (Wildman–Crippen LogP) is 0.761. The molecule has 1 rings (SSSR count). The van der Waals surface area contributed by atoms with Gasteiger partial charge in [-0.05, 0) is 18.4 Å². The minimum absolute atomic E-state index is 0.01000. The fourth-order valence-corrected chi connectivity index (χ4v) is 1.46. The van der Waals surface area contributed by atoms with Gasteiger partial charge in [-0.15, -0.1) is 0 Å². The maximum atomic E-state index is 11.9. The molecule has 0 aliphatic rings. The molecular weight excluding hydrogens is 216 g/mol. The van der Waals surface area contributed by atoms with Crippen LogP contribution in [0.2, 0.25) is 0 Å². The summed E-state index contributed by atoms with van der Waals surface area (Å²) in [6.45, 7) is 8.45. The summed E-state index contributed by atoms with van der Waals surface area (Å²) in [5.41, 5.74) is 5.65. The molecule has 0 bridgehead atoms. The minimum atomic E-state index is -0.498. The summed E-state index contributed by atoms with van der Waals surface area (Å²) in [5, 5.41) is 6.99. The number of carbonyl (C=O) groups excluding carboxylic acids is 1. The summed E-state index contributed by atoms with van der Waals surface area (Å²) >= 11 is 0. The second-order valence-electron chi connectivity index (χ2n) is 5.48. The molecule has 1 aromatic rings. The van der Waals surface area contributed by atoms with Gasteiger partial charge in [0.25, 0.3) is 0 Å². The highest BCUT2D eigenvalue weighted by atomic mass is 16.2. The molecule has 96 valence electrons. The van der Waals surface area contributed by atoms with Gasteiger partial charge in [0.1, 0.15) is 0 Å². The number of amides is 1. The Morgan fingerprint density at radius 2 is 2.18 bits per heavy atom. The van der Waals surface area contributed by atoms with Crippen LogP contribution in [0.4, 0.5) is 0 Å². The Kier molecular flexibility index (Phi) is 4.28. The van der Waals surface area contributed by atoms with Gasteiger partial charge in [0.2, 0.25) is 5.91 Å². The van der Waals surface area contributed by atoms with Gasteiger partial charge in [-0.1, -0.05) is 20.8 Å². The van der Waals surface area contributed by atoms with Crippen LogP contribution in [0.5, 0.6) is 0 Å². The third-order valence-electron chi connectivity index (χ3n) is 2.62. The van der Waals surface area contributed by atoms with Crippen LogP contribution in [0, 0.1) is 5.41 Å². The van der Waals surface area contributed by atoms with E-state index in [0.717, 1.165) is 0 Å². The molecule has 3 N–H and O–H groups in total. The highest BCUT2D eigenvalue weighted by Crippen LogP contribution is 2.17. The van der Waals surface area contributed by atoms with E-state index in [1.807, 2.05) is 40.0 Å². The van der Waals surface area contributed by atoms with E-state index in [9.17, 15) is 4.79 Å². The number of aromatic nitrogens is 2. The number of nitrogens with one attached hydrogen (secondary N) is 1. The van der Waals surface area contributed by atoms with Gasteiger partial charge in [-0.3, -0.25) is 9.48 Å². The minimum Gasteiger partial charge on any atom is -0.350 e. The van der Waals surface area contributed by atoms with Gasteiger partial charge in [0.05, 0.1) is 12.6 Å². The number of rotatable bonds is 4. The van der Waals surface area contributed by atoms with Crippen molar-refractivity contribution in [2.45, 2.75) is 46.3 Å². The molecule has 0 aliphatic carbocycles. The van der Waals surface area contributed by atoms with Gasteiger partial charge in [-0.25, -0.2) is 0 Å². The maximum Gasteiger partial charge on any atom is 0.237 e. The lowest BCUT2D eigenvalue weighted by molar-refractivity contribution is -0.125. The van der Waals surface area contributed by atoms with Crippen molar-refractivity contribution in [1.29, 1.82) is 0 Å². The first kappa shape index (κ1) is 13.7. The zero-order valence-corrected chi connectivity index (χ0v) is 11.0. The number of hydrogen-bond donors (Lipinski definition) is 2. The van der Waals surface area contributed by atoms with Crippen molar-refractivity contribution >= 4 is 5.91 Å². The molecule has 5 heteroatoms. The normalized spacial score (nSPS) is 15.4. The molecule has 0 radical (unpaired) electrons. The van der Waals surface area contributed by atoms with E-state index < -0.39 is 6.04 Å². The highest BCUT2D eigenvalue weighted by Gasteiger charge is 2.28. The average Bonchev–Trinajstić information content (AvgIpc) is 2.67. The van der Waals surface area contributed by atoms with E-state index in [0.29, 0.717) is 6.54 Å². The van der Waals surface area contributed by atoms with Crippen molar-refractivity contribution in [3.05, 3.63) is 18.5 Å². The molecule has 1 aromatic heterocycles. The summed E-state index contributed by atoms with van der Waals surface area (Å²) in [5.74, 6) is -0.114. The Labute approximate surface area is 102 Å². The Hall–Kier alpha value is -1.36. The summed E-state index contributed by atoms with van der Waals surface area (Å²) in [6, 6.07) is 1.37. The molecule has 0 spiro atoms. The Morgan fingerprint density at radius 3 is 2.65 bits per heavy atom. The molecule has 2 atom stereocenters. The van der Waals surface area contributed by atoms with Crippen LogP contribution in [0.25, 0.3) is 0 Å². The fraction of sp³-hybridized carbons (Fsp3) is 0.667. The number of carbonyl (C=O) groups is 1. The lowest BCUT2D eigenvalue weighted by Gasteiger charge is -2.27. The van der Waals surface area contributed by atoms with E-state index in [1.54, 1.807) is 10.9 Å². The van der Waals surface area contributed by atoms with Crippen LogP contribution in [0.15, 0.2) is 18.5 Å². The summed E-state index contributed by atoms with van der Waals surface area (Å²) in [7, 11) is 0. The first-order valence-corrected chi connectivity index (χ1v) is 5.84. The lowest BCUT2D eigenvalue weighted by Crippen LogP contribution is -2.51. The van der Waals surface area contributed by atoms with Crippen molar-refractivity contribution in [3.8, 4) is 0 Å². The van der Waals surface area contributed by atoms with Crippen molar-refractivity contribution in [1.82, 2.24) is 15.1 Å². The van der Waals surface area contributed by atoms with Crippen LogP contribution < -0.4 is 11.1 Å². The Balaban J connectivity index is 2.46. The quantitative estimate of drug-likeness (QED) is 0.813. The molecule has 0 fully saturated rings. The van der Waals surface area contributed by atoms with Gasteiger partial charge >= 0.3 is 0 Å². The zero-order chi connectivity index (χ0) is 13.1.